The van der Waals surface area contributed by atoms with E-state index in [0.717, 1.165) is 31.4 Å². The molecule has 25 heavy (non-hydrogen) atoms. The van der Waals surface area contributed by atoms with E-state index in [9.17, 15) is 9.90 Å². The van der Waals surface area contributed by atoms with E-state index < -0.39 is 6.23 Å². The third-order valence-electron chi connectivity index (χ3n) is 4.63. The van der Waals surface area contributed by atoms with Gasteiger partial charge in [0.15, 0.2) is 0 Å². The van der Waals surface area contributed by atoms with Gasteiger partial charge in [0.05, 0.1) is 24.1 Å². The maximum atomic E-state index is 12.3. The fraction of sp³-hybridized carbons (Fsp3) is 0.444. The third-order valence-corrected chi connectivity index (χ3v) is 4.63. The standard InChI is InChI=1S/C13H17N3O2.C5H5NO/c17-12-5-4-11(10-8-14-6-7-15-10)16(12)13(18)9-2-1-3-9;7-5-2-1-3-6-4-5/h6-9,11-12,17H,1-5H2;1-4,7H. The van der Waals surface area contributed by atoms with E-state index in [0.29, 0.717) is 6.42 Å². The van der Waals surface area contributed by atoms with Gasteiger partial charge in [-0.15, -0.1) is 0 Å². The molecule has 7 heteroatoms. The summed E-state index contributed by atoms with van der Waals surface area (Å²) < 4.78 is 0. The second-order valence-corrected chi connectivity index (χ2v) is 6.29. The Kier molecular flexibility index (Phi) is 5.55. The monoisotopic (exact) mass is 342 g/mol. The number of nitrogens with zero attached hydrogens (tertiary/aromatic N) is 4. The minimum Gasteiger partial charge on any atom is -0.506 e. The minimum absolute atomic E-state index is 0.0851. The molecule has 1 saturated heterocycles. The van der Waals surface area contributed by atoms with Crippen molar-refractivity contribution in [1.82, 2.24) is 19.9 Å². The Morgan fingerprint density at radius 3 is 2.40 bits per heavy atom. The maximum absolute atomic E-state index is 12.3. The molecule has 7 nitrogen and oxygen atoms in total. The summed E-state index contributed by atoms with van der Waals surface area (Å²) in [6.07, 6.45) is 11.7. The van der Waals surface area contributed by atoms with Crippen LogP contribution in [0.25, 0.3) is 0 Å². The van der Waals surface area contributed by atoms with Gasteiger partial charge in [0, 0.05) is 24.5 Å². The number of aromatic nitrogens is 3. The Hall–Kier alpha value is -2.54. The van der Waals surface area contributed by atoms with Crippen LogP contribution in [0.5, 0.6) is 5.75 Å². The summed E-state index contributed by atoms with van der Waals surface area (Å²) in [6.45, 7) is 0. The lowest BCUT2D eigenvalue weighted by Gasteiger charge is -2.34. The fourth-order valence-corrected chi connectivity index (χ4v) is 3.09. The molecular weight excluding hydrogens is 320 g/mol. The number of rotatable bonds is 2. The Bertz CT molecular complexity index is 679. The number of carbonyl (C=O) groups is 1. The van der Waals surface area contributed by atoms with Gasteiger partial charge < -0.3 is 15.1 Å². The van der Waals surface area contributed by atoms with Crippen LogP contribution in [0.1, 0.15) is 43.8 Å². The number of pyridine rings is 1. The third kappa shape index (κ3) is 4.11. The molecule has 0 spiro atoms. The van der Waals surface area contributed by atoms with Gasteiger partial charge in [-0.25, -0.2) is 0 Å². The molecule has 1 aliphatic heterocycles. The molecule has 4 rings (SSSR count). The molecular formula is C18H22N4O3. The van der Waals surface area contributed by atoms with Crippen LogP contribution in [-0.4, -0.2) is 42.2 Å². The van der Waals surface area contributed by atoms with Gasteiger partial charge in [-0.05, 0) is 37.8 Å². The van der Waals surface area contributed by atoms with Crippen molar-refractivity contribution in [1.29, 1.82) is 0 Å². The van der Waals surface area contributed by atoms with E-state index >= 15 is 0 Å². The first-order chi connectivity index (χ1) is 12.2. The normalized spacial score (nSPS) is 22.7. The van der Waals surface area contributed by atoms with E-state index in [-0.39, 0.29) is 23.6 Å². The number of amides is 1. The van der Waals surface area contributed by atoms with Crippen molar-refractivity contribution in [2.24, 2.45) is 5.92 Å². The van der Waals surface area contributed by atoms with Crippen molar-refractivity contribution in [2.75, 3.05) is 0 Å². The fourth-order valence-electron chi connectivity index (χ4n) is 3.09. The number of aliphatic hydroxyl groups is 1. The zero-order valence-electron chi connectivity index (χ0n) is 13.9. The Morgan fingerprint density at radius 1 is 1.08 bits per heavy atom. The lowest BCUT2D eigenvalue weighted by atomic mass is 9.84. The predicted molar refractivity (Wildman–Crippen MR) is 90.1 cm³/mol. The quantitative estimate of drug-likeness (QED) is 0.866. The number of hydrogen-bond acceptors (Lipinski definition) is 6. The topological polar surface area (TPSA) is 99.4 Å². The number of aliphatic hydroxyl groups excluding tert-OH is 1. The van der Waals surface area contributed by atoms with E-state index in [1.807, 2.05) is 0 Å². The van der Waals surface area contributed by atoms with Gasteiger partial charge in [0.1, 0.15) is 12.0 Å². The summed E-state index contributed by atoms with van der Waals surface area (Å²) in [5, 5.41) is 18.6. The number of likely N-dealkylation sites (tertiary alicyclic amines) is 1. The smallest absolute Gasteiger partial charge is 0.228 e. The first-order valence-corrected chi connectivity index (χ1v) is 8.52. The molecule has 2 unspecified atom stereocenters. The molecule has 0 bridgehead atoms. The largest absolute Gasteiger partial charge is 0.506 e. The van der Waals surface area contributed by atoms with Gasteiger partial charge in [-0.2, -0.15) is 0 Å². The molecule has 132 valence electrons. The molecule has 0 aromatic carbocycles. The molecule has 2 atom stereocenters. The van der Waals surface area contributed by atoms with Gasteiger partial charge >= 0.3 is 0 Å². The molecule has 1 amide bonds. The van der Waals surface area contributed by atoms with Crippen LogP contribution in [0.2, 0.25) is 0 Å². The summed E-state index contributed by atoms with van der Waals surface area (Å²) in [4.78, 5) is 25.9. The lowest BCUT2D eigenvalue weighted by Crippen LogP contribution is -2.43. The van der Waals surface area contributed by atoms with E-state index in [1.165, 1.54) is 6.20 Å². The number of carbonyl (C=O) groups excluding carboxylic acids is 1. The van der Waals surface area contributed by atoms with Crippen molar-refractivity contribution in [2.45, 2.75) is 44.4 Å². The summed E-state index contributed by atoms with van der Waals surface area (Å²) >= 11 is 0. The van der Waals surface area contributed by atoms with Crippen LogP contribution < -0.4 is 0 Å². The molecule has 2 N–H and O–H groups in total. The summed E-state index contributed by atoms with van der Waals surface area (Å²) in [6, 6.07) is 3.14. The van der Waals surface area contributed by atoms with Crippen molar-refractivity contribution in [3.05, 3.63) is 48.8 Å². The molecule has 3 heterocycles. The second kappa shape index (κ2) is 8.02. The van der Waals surface area contributed by atoms with Crippen molar-refractivity contribution in [3.8, 4) is 5.75 Å². The molecule has 2 aromatic rings. The highest BCUT2D eigenvalue weighted by atomic mass is 16.3. The SMILES string of the molecule is O=C(C1CCC1)N1C(O)CCC1c1cnccn1.Oc1cccnc1. The predicted octanol–water partition coefficient (Wildman–Crippen LogP) is 2.05. The van der Waals surface area contributed by atoms with Gasteiger partial charge in [-0.1, -0.05) is 6.42 Å². The first-order valence-electron chi connectivity index (χ1n) is 8.52. The highest BCUT2D eigenvalue weighted by molar-refractivity contribution is 5.80. The Balaban J connectivity index is 0.000000219. The van der Waals surface area contributed by atoms with Crippen molar-refractivity contribution < 1.29 is 15.0 Å². The molecule has 2 aliphatic rings. The van der Waals surface area contributed by atoms with Crippen molar-refractivity contribution in [3.63, 3.8) is 0 Å². The second-order valence-electron chi connectivity index (χ2n) is 6.29. The molecule has 2 aromatic heterocycles. The van der Waals surface area contributed by atoms with Crippen LogP contribution in [0.4, 0.5) is 0 Å². The Labute approximate surface area is 146 Å². The first kappa shape index (κ1) is 17.3. The zero-order chi connectivity index (χ0) is 17.6. The van der Waals surface area contributed by atoms with Crippen LogP contribution in [0, 0.1) is 5.92 Å². The van der Waals surface area contributed by atoms with Crippen LogP contribution in [0.3, 0.4) is 0 Å². The van der Waals surface area contributed by atoms with E-state index in [2.05, 4.69) is 15.0 Å². The van der Waals surface area contributed by atoms with Crippen LogP contribution in [-0.2, 0) is 4.79 Å². The van der Waals surface area contributed by atoms with Gasteiger partial charge in [0.2, 0.25) is 5.91 Å². The molecule has 1 aliphatic carbocycles. The molecule has 2 fully saturated rings. The highest BCUT2D eigenvalue weighted by Crippen LogP contribution is 2.38. The average molecular weight is 342 g/mol. The van der Waals surface area contributed by atoms with E-state index in [4.69, 9.17) is 5.11 Å². The van der Waals surface area contributed by atoms with Gasteiger partial charge in [-0.3, -0.25) is 19.7 Å². The number of hydrogen-bond donors (Lipinski definition) is 2. The highest BCUT2D eigenvalue weighted by Gasteiger charge is 2.41. The number of aromatic hydroxyl groups is 1. The zero-order valence-corrected chi connectivity index (χ0v) is 13.9. The molecule has 1 saturated carbocycles. The summed E-state index contributed by atoms with van der Waals surface area (Å²) in [5.41, 5.74) is 0.779. The Morgan fingerprint density at radius 2 is 1.88 bits per heavy atom. The average Bonchev–Trinajstić information content (AvgIpc) is 2.97. The molecule has 0 radical (unpaired) electrons. The maximum Gasteiger partial charge on any atom is 0.228 e. The van der Waals surface area contributed by atoms with Crippen molar-refractivity contribution >= 4 is 5.91 Å². The van der Waals surface area contributed by atoms with E-state index in [1.54, 1.807) is 41.8 Å². The van der Waals surface area contributed by atoms with Gasteiger partial charge in [0.25, 0.3) is 0 Å². The summed E-state index contributed by atoms with van der Waals surface area (Å²) in [5.74, 6) is 0.404. The minimum atomic E-state index is -0.662. The van der Waals surface area contributed by atoms with Crippen LogP contribution >= 0.6 is 0 Å². The summed E-state index contributed by atoms with van der Waals surface area (Å²) in [7, 11) is 0. The van der Waals surface area contributed by atoms with Crippen LogP contribution in [0.15, 0.2) is 43.1 Å². The lowest BCUT2D eigenvalue weighted by molar-refractivity contribution is -0.148.